The van der Waals surface area contributed by atoms with E-state index < -0.39 is 0 Å². The van der Waals surface area contributed by atoms with E-state index in [-0.39, 0.29) is 11.8 Å². The lowest BCUT2D eigenvalue weighted by atomic mass is 9.68. The van der Waals surface area contributed by atoms with Crippen LogP contribution in [0, 0.1) is 17.8 Å². The Labute approximate surface area is 78.5 Å². The summed E-state index contributed by atoms with van der Waals surface area (Å²) in [5, 5.41) is 8.55. The predicted octanol–water partition coefficient (Wildman–Crippen LogP) is 1.71. The van der Waals surface area contributed by atoms with Crippen molar-refractivity contribution in [1.29, 1.82) is 0 Å². The summed E-state index contributed by atoms with van der Waals surface area (Å²) in [5.41, 5.74) is 1.79. The van der Waals surface area contributed by atoms with Crippen LogP contribution in [0.3, 0.4) is 0 Å². The van der Waals surface area contributed by atoms with Crippen molar-refractivity contribution in [3.05, 3.63) is 0 Å². The second kappa shape index (κ2) is 3.66. The number of fused-ring (bicyclic) bond motifs is 2. The van der Waals surface area contributed by atoms with Crippen LogP contribution >= 0.6 is 0 Å². The van der Waals surface area contributed by atoms with E-state index in [9.17, 15) is 4.79 Å². The van der Waals surface area contributed by atoms with Gasteiger partial charge in [-0.25, -0.2) is 5.48 Å². The molecule has 74 valence electrons. The highest BCUT2D eigenvalue weighted by Crippen LogP contribution is 2.42. The number of rotatable bonds is 1. The van der Waals surface area contributed by atoms with Crippen LogP contribution in [0.5, 0.6) is 0 Å². The third-order valence-corrected chi connectivity index (χ3v) is 3.61. The van der Waals surface area contributed by atoms with Crippen LogP contribution < -0.4 is 5.48 Å². The lowest BCUT2D eigenvalue weighted by Crippen LogP contribution is -2.36. The van der Waals surface area contributed by atoms with Crippen molar-refractivity contribution < 1.29 is 10.0 Å². The topological polar surface area (TPSA) is 49.3 Å². The molecule has 2 saturated carbocycles. The smallest absolute Gasteiger partial charge is 0.246 e. The predicted molar refractivity (Wildman–Crippen MR) is 48.1 cm³/mol. The molecule has 3 heteroatoms. The number of amides is 1. The molecule has 0 aromatic carbocycles. The van der Waals surface area contributed by atoms with E-state index in [2.05, 4.69) is 0 Å². The maximum absolute atomic E-state index is 11.2. The van der Waals surface area contributed by atoms with Gasteiger partial charge in [0.15, 0.2) is 0 Å². The normalized spacial score (nSPS) is 38.4. The van der Waals surface area contributed by atoms with Gasteiger partial charge in [-0.15, -0.1) is 0 Å². The summed E-state index contributed by atoms with van der Waals surface area (Å²) in [6.07, 6.45) is 7.20. The zero-order valence-corrected chi connectivity index (χ0v) is 7.83. The minimum Gasteiger partial charge on any atom is -0.289 e. The summed E-state index contributed by atoms with van der Waals surface area (Å²) in [7, 11) is 0. The third-order valence-electron chi connectivity index (χ3n) is 3.61. The minimum absolute atomic E-state index is 0.0778. The first kappa shape index (κ1) is 9.00. The summed E-state index contributed by atoms with van der Waals surface area (Å²) in [4.78, 5) is 11.2. The SMILES string of the molecule is O=C(NO)C1CC2CCCC(C2)C1. The third kappa shape index (κ3) is 1.85. The molecule has 2 aliphatic rings. The van der Waals surface area contributed by atoms with Crippen LogP contribution in [-0.2, 0) is 4.79 Å². The molecule has 1 amide bonds. The molecule has 0 saturated heterocycles. The van der Waals surface area contributed by atoms with Gasteiger partial charge in [-0.3, -0.25) is 10.0 Å². The van der Waals surface area contributed by atoms with Crippen molar-refractivity contribution in [2.45, 2.75) is 38.5 Å². The molecule has 0 heterocycles. The number of hydrogen-bond donors (Lipinski definition) is 2. The van der Waals surface area contributed by atoms with Gasteiger partial charge in [-0.1, -0.05) is 19.3 Å². The minimum atomic E-state index is -0.170. The van der Waals surface area contributed by atoms with Gasteiger partial charge in [0.25, 0.3) is 0 Å². The van der Waals surface area contributed by atoms with Gasteiger partial charge in [-0.05, 0) is 31.1 Å². The molecule has 3 nitrogen and oxygen atoms in total. The van der Waals surface area contributed by atoms with Crippen molar-refractivity contribution in [2.24, 2.45) is 17.8 Å². The molecular formula is C10H17NO2. The van der Waals surface area contributed by atoms with Crippen molar-refractivity contribution in [3.8, 4) is 0 Å². The maximum atomic E-state index is 11.2. The maximum Gasteiger partial charge on any atom is 0.246 e. The van der Waals surface area contributed by atoms with Crippen LogP contribution in [-0.4, -0.2) is 11.1 Å². The van der Waals surface area contributed by atoms with Crippen LogP contribution in [0.25, 0.3) is 0 Å². The highest BCUT2D eigenvalue weighted by Gasteiger charge is 2.34. The second-order valence-electron chi connectivity index (χ2n) is 4.54. The molecular weight excluding hydrogens is 166 g/mol. The molecule has 0 aromatic heterocycles. The Kier molecular flexibility index (Phi) is 2.54. The fourth-order valence-corrected chi connectivity index (χ4v) is 3.04. The Balaban J connectivity index is 1.97. The highest BCUT2D eigenvalue weighted by molar-refractivity contribution is 5.77. The van der Waals surface area contributed by atoms with E-state index in [1.165, 1.54) is 25.7 Å². The molecule has 2 bridgehead atoms. The van der Waals surface area contributed by atoms with E-state index >= 15 is 0 Å². The summed E-state index contributed by atoms with van der Waals surface area (Å²) < 4.78 is 0. The van der Waals surface area contributed by atoms with E-state index in [4.69, 9.17) is 5.21 Å². The standard InChI is InChI=1S/C10H17NO2/c12-10(11-13)9-5-7-2-1-3-8(4-7)6-9/h7-9,13H,1-6H2,(H,11,12). The molecule has 0 spiro atoms. The van der Waals surface area contributed by atoms with Crippen LogP contribution in [0.15, 0.2) is 0 Å². The largest absolute Gasteiger partial charge is 0.289 e. The lowest BCUT2D eigenvalue weighted by Gasteiger charge is -2.37. The highest BCUT2D eigenvalue weighted by atomic mass is 16.5. The zero-order chi connectivity index (χ0) is 9.26. The van der Waals surface area contributed by atoms with Crippen LogP contribution in [0.4, 0.5) is 0 Å². The summed E-state index contributed by atoms with van der Waals surface area (Å²) in [6, 6.07) is 0. The number of carbonyl (C=O) groups is 1. The van der Waals surface area contributed by atoms with Crippen molar-refractivity contribution >= 4 is 5.91 Å². The molecule has 2 aliphatic carbocycles. The van der Waals surface area contributed by atoms with Crippen molar-refractivity contribution in [3.63, 3.8) is 0 Å². The average molecular weight is 183 g/mol. The molecule has 2 rings (SSSR count). The number of carbonyl (C=O) groups excluding carboxylic acids is 1. The second-order valence-corrected chi connectivity index (χ2v) is 4.54. The van der Waals surface area contributed by atoms with Gasteiger partial charge in [0.1, 0.15) is 0 Å². The Hall–Kier alpha value is -0.570. The monoisotopic (exact) mass is 183 g/mol. The Morgan fingerprint density at radius 1 is 1.15 bits per heavy atom. The first-order valence-electron chi connectivity index (χ1n) is 5.23. The van der Waals surface area contributed by atoms with E-state index in [0.717, 1.165) is 24.7 Å². The molecule has 0 aromatic rings. The van der Waals surface area contributed by atoms with Crippen molar-refractivity contribution in [1.82, 2.24) is 5.48 Å². The number of hydroxylamine groups is 1. The summed E-state index contributed by atoms with van der Waals surface area (Å²) in [6.45, 7) is 0. The Bertz CT molecular complexity index is 193. The molecule has 2 unspecified atom stereocenters. The molecule has 2 N–H and O–H groups in total. The number of nitrogens with one attached hydrogen (secondary N) is 1. The molecule has 0 radical (unpaired) electrons. The van der Waals surface area contributed by atoms with Gasteiger partial charge >= 0.3 is 0 Å². The van der Waals surface area contributed by atoms with Gasteiger partial charge in [0.2, 0.25) is 5.91 Å². The van der Waals surface area contributed by atoms with Gasteiger partial charge in [0.05, 0.1) is 0 Å². The summed E-state index contributed by atoms with van der Waals surface area (Å²) >= 11 is 0. The quantitative estimate of drug-likeness (QED) is 0.480. The van der Waals surface area contributed by atoms with E-state index in [1.54, 1.807) is 5.48 Å². The van der Waals surface area contributed by atoms with Crippen LogP contribution in [0.2, 0.25) is 0 Å². The van der Waals surface area contributed by atoms with E-state index in [1.807, 2.05) is 0 Å². The fraction of sp³-hybridized carbons (Fsp3) is 0.900. The Morgan fingerprint density at radius 3 is 2.31 bits per heavy atom. The molecule has 13 heavy (non-hydrogen) atoms. The van der Waals surface area contributed by atoms with Gasteiger partial charge in [0, 0.05) is 5.92 Å². The van der Waals surface area contributed by atoms with Gasteiger partial charge < -0.3 is 0 Å². The van der Waals surface area contributed by atoms with Gasteiger partial charge in [-0.2, -0.15) is 0 Å². The first-order chi connectivity index (χ1) is 6.29. The zero-order valence-electron chi connectivity index (χ0n) is 7.83. The van der Waals surface area contributed by atoms with Crippen LogP contribution in [0.1, 0.15) is 38.5 Å². The summed E-state index contributed by atoms with van der Waals surface area (Å²) in [5.74, 6) is 1.40. The number of hydrogen-bond acceptors (Lipinski definition) is 2. The first-order valence-corrected chi connectivity index (χ1v) is 5.23. The molecule has 0 aliphatic heterocycles. The molecule has 2 atom stereocenters. The average Bonchev–Trinajstić information content (AvgIpc) is 2.16. The lowest BCUT2D eigenvalue weighted by molar-refractivity contribution is -0.136. The fourth-order valence-electron chi connectivity index (χ4n) is 3.04. The van der Waals surface area contributed by atoms with Crippen molar-refractivity contribution in [2.75, 3.05) is 0 Å². The molecule has 2 fully saturated rings. The Morgan fingerprint density at radius 2 is 1.77 bits per heavy atom. The van der Waals surface area contributed by atoms with E-state index in [0.29, 0.717) is 0 Å².